The molecule has 0 radical (unpaired) electrons. The van der Waals surface area contributed by atoms with Gasteiger partial charge in [-0.3, -0.25) is 4.79 Å². The second-order valence-corrected chi connectivity index (χ2v) is 11.4. The molecule has 1 fully saturated rings. The first-order valence-electron chi connectivity index (χ1n) is 12.1. The first kappa shape index (κ1) is 26.1. The van der Waals surface area contributed by atoms with E-state index >= 15 is 0 Å². The van der Waals surface area contributed by atoms with Crippen LogP contribution in [0.1, 0.15) is 69.4 Å². The van der Waals surface area contributed by atoms with Crippen LogP contribution in [0.5, 0.6) is 0 Å². The Morgan fingerprint density at radius 2 is 1.74 bits per heavy atom. The zero-order chi connectivity index (χ0) is 23.9. The molecule has 2 aromatic carbocycles. The maximum atomic E-state index is 14.0. The third-order valence-electron chi connectivity index (χ3n) is 7.60. The van der Waals surface area contributed by atoms with Crippen molar-refractivity contribution < 1.29 is 47.9 Å². The van der Waals surface area contributed by atoms with E-state index in [-0.39, 0.29) is 51.6 Å². The summed E-state index contributed by atoms with van der Waals surface area (Å²) in [4.78, 5) is 14.0. The Morgan fingerprint density at radius 1 is 1.06 bits per heavy atom. The molecule has 1 unspecified atom stereocenters. The molecule has 3 aliphatic rings. The van der Waals surface area contributed by atoms with Crippen LogP contribution in [0.25, 0.3) is 5.76 Å². The molecular formula is C27H29N2NaO4S. The maximum Gasteiger partial charge on any atom is 1.00 e. The van der Waals surface area contributed by atoms with E-state index < -0.39 is 21.2 Å². The molecule has 1 saturated carbocycles. The summed E-state index contributed by atoms with van der Waals surface area (Å²) in [6.45, 7) is 1.88. The molecule has 0 saturated heterocycles. The minimum atomic E-state index is -4.03. The van der Waals surface area contributed by atoms with Crippen LogP contribution in [0, 0.1) is 5.92 Å². The fourth-order valence-corrected chi connectivity index (χ4v) is 6.83. The van der Waals surface area contributed by atoms with Gasteiger partial charge < -0.3 is 10.4 Å². The van der Waals surface area contributed by atoms with Crippen LogP contribution >= 0.6 is 0 Å². The van der Waals surface area contributed by atoms with Crippen molar-refractivity contribution in [2.45, 2.75) is 68.6 Å². The van der Waals surface area contributed by atoms with Crippen LogP contribution in [0.2, 0.25) is 0 Å². The number of hydrogen-bond acceptors (Lipinski definition) is 5. The summed E-state index contributed by atoms with van der Waals surface area (Å²) in [5, 5.41) is 16.4. The molecule has 1 atom stereocenters. The molecule has 2 aliphatic carbocycles. The number of carbonyl (C=O) groups is 1. The summed E-state index contributed by atoms with van der Waals surface area (Å²) in [5.41, 5.74) is 0.393. The second kappa shape index (κ2) is 10.2. The normalized spacial score (nSPS) is 23.5. The molecule has 6 nitrogen and oxygen atoms in total. The van der Waals surface area contributed by atoms with Crippen molar-refractivity contribution in [1.82, 2.24) is 0 Å². The van der Waals surface area contributed by atoms with E-state index in [0.717, 1.165) is 18.4 Å². The van der Waals surface area contributed by atoms with E-state index in [0.29, 0.717) is 23.6 Å². The number of ketones is 1. The van der Waals surface area contributed by atoms with Crippen molar-refractivity contribution in [2.75, 3.05) is 5.32 Å². The number of rotatable bonds is 5. The Labute approximate surface area is 229 Å². The number of para-hydroxylation sites is 1. The number of anilines is 1. The summed E-state index contributed by atoms with van der Waals surface area (Å²) in [6, 6.07) is 13.6. The zero-order valence-corrected chi connectivity index (χ0v) is 23.2. The summed E-state index contributed by atoms with van der Waals surface area (Å²) in [6.07, 6.45) is 8.90. The summed E-state index contributed by atoms with van der Waals surface area (Å²) < 4.78 is 29.5. The van der Waals surface area contributed by atoms with E-state index in [1.54, 1.807) is 30.3 Å². The average Bonchev–Trinajstić information content (AvgIpc) is 2.83. The molecule has 1 heterocycles. The number of amidine groups is 1. The Morgan fingerprint density at radius 3 is 2.51 bits per heavy atom. The molecule has 1 N–H and O–H groups in total. The second-order valence-electron chi connectivity index (χ2n) is 9.84. The Hall–Kier alpha value is -1.93. The van der Waals surface area contributed by atoms with Crippen LogP contribution in [-0.2, 0) is 20.2 Å². The van der Waals surface area contributed by atoms with E-state index in [1.165, 1.54) is 38.2 Å². The molecule has 0 amide bonds. The molecule has 35 heavy (non-hydrogen) atoms. The first-order valence-corrected chi connectivity index (χ1v) is 13.5. The zero-order valence-electron chi connectivity index (χ0n) is 20.3. The van der Waals surface area contributed by atoms with Gasteiger partial charge in [0, 0.05) is 0 Å². The van der Waals surface area contributed by atoms with Gasteiger partial charge in [-0.1, -0.05) is 87.1 Å². The van der Waals surface area contributed by atoms with Gasteiger partial charge in [-0.2, -0.15) is 8.42 Å². The number of nitrogens with zero attached hydrogens (tertiary/aromatic N) is 1. The summed E-state index contributed by atoms with van der Waals surface area (Å²) in [7, 11) is -4.03. The van der Waals surface area contributed by atoms with Gasteiger partial charge in [-0.05, 0) is 42.5 Å². The standard InChI is InChI=1S/C27H30N2O4S.Na/c1-27(17-9-12-18-10-3-2-4-11-18)20-14-6-5-13-19(20)24(30)23(25(27)31)26-28-21-15-7-8-16-22(21)34(32,33)29-26;/h5-8,13-16,18,30H,2-4,9-12,17H2,1H3,(H,28,29);/q;+1/p-1. The number of carbonyl (C=O) groups excluding carboxylic acids is 1. The van der Waals surface area contributed by atoms with Gasteiger partial charge in [-0.25, -0.2) is 0 Å². The monoisotopic (exact) mass is 500 g/mol. The fraction of sp³-hybridized carbons (Fsp3) is 0.407. The van der Waals surface area contributed by atoms with Crippen molar-refractivity contribution in [1.29, 1.82) is 0 Å². The largest absolute Gasteiger partial charge is 1.00 e. The number of Topliss-reactive ketones (excluding diaryl/α,β-unsaturated/α-hetero) is 1. The van der Waals surface area contributed by atoms with Crippen molar-refractivity contribution in [3.05, 3.63) is 65.2 Å². The molecule has 0 aromatic heterocycles. The first-order chi connectivity index (χ1) is 16.3. The third kappa shape index (κ3) is 4.76. The summed E-state index contributed by atoms with van der Waals surface area (Å²) >= 11 is 0. The number of benzene rings is 2. The molecule has 178 valence electrons. The van der Waals surface area contributed by atoms with Gasteiger partial charge in [0.2, 0.25) is 0 Å². The van der Waals surface area contributed by atoms with Crippen molar-refractivity contribution in [3.8, 4) is 0 Å². The SMILES string of the molecule is CC1(CCCC2CCCCC2)C(=O)C(C2=NS(=O)(=O)c3ccccc3N2)=C([O-])c2ccccc21.[Na+]. The van der Waals surface area contributed by atoms with Gasteiger partial charge in [0.1, 0.15) is 4.90 Å². The quantitative estimate of drug-likeness (QED) is 0.629. The minimum Gasteiger partial charge on any atom is -0.871 e. The number of hydrogen-bond donors (Lipinski definition) is 1. The van der Waals surface area contributed by atoms with Gasteiger partial charge in [0.05, 0.1) is 16.7 Å². The molecule has 0 spiro atoms. The van der Waals surface area contributed by atoms with Crippen LogP contribution in [-0.4, -0.2) is 20.0 Å². The minimum absolute atomic E-state index is 0. The predicted octanol–water partition coefficient (Wildman–Crippen LogP) is 1.57. The van der Waals surface area contributed by atoms with E-state index in [4.69, 9.17) is 0 Å². The smallest absolute Gasteiger partial charge is 0.871 e. The van der Waals surface area contributed by atoms with Gasteiger partial charge in [-0.15, -0.1) is 4.40 Å². The Kier molecular flexibility index (Phi) is 7.62. The van der Waals surface area contributed by atoms with Crippen LogP contribution in [0.15, 0.2) is 63.4 Å². The van der Waals surface area contributed by atoms with E-state index in [9.17, 15) is 18.3 Å². The van der Waals surface area contributed by atoms with Gasteiger partial charge in [0.25, 0.3) is 10.0 Å². The Balaban J connectivity index is 0.00000289. The Bertz CT molecular complexity index is 1310. The van der Waals surface area contributed by atoms with Crippen molar-refractivity contribution in [3.63, 3.8) is 0 Å². The van der Waals surface area contributed by atoms with Crippen LogP contribution in [0.3, 0.4) is 0 Å². The molecule has 2 aromatic rings. The predicted molar refractivity (Wildman–Crippen MR) is 131 cm³/mol. The third-order valence-corrected chi connectivity index (χ3v) is 8.94. The van der Waals surface area contributed by atoms with Gasteiger partial charge >= 0.3 is 29.6 Å². The average molecular weight is 501 g/mol. The van der Waals surface area contributed by atoms with Crippen LogP contribution in [0.4, 0.5) is 5.69 Å². The van der Waals surface area contributed by atoms with Gasteiger partial charge in [0.15, 0.2) is 11.6 Å². The van der Waals surface area contributed by atoms with Crippen molar-refractivity contribution in [2.24, 2.45) is 10.3 Å². The number of nitrogens with one attached hydrogen (secondary N) is 1. The molecule has 8 heteroatoms. The fourth-order valence-electron chi connectivity index (χ4n) is 5.70. The van der Waals surface area contributed by atoms with Crippen LogP contribution < -0.4 is 40.0 Å². The van der Waals surface area contributed by atoms with Crippen molar-refractivity contribution >= 4 is 33.1 Å². The van der Waals surface area contributed by atoms with E-state index in [2.05, 4.69) is 9.71 Å². The molecular weight excluding hydrogens is 471 g/mol. The topological polar surface area (TPSA) is 98.7 Å². The summed E-state index contributed by atoms with van der Waals surface area (Å²) in [5.74, 6) is -0.323. The number of sulfonamides is 1. The maximum absolute atomic E-state index is 14.0. The molecule has 1 aliphatic heterocycles. The van der Waals surface area contributed by atoms with E-state index in [1.807, 2.05) is 19.1 Å². The molecule has 5 rings (SSSR count). The number of fused-ring (bicyclic) bond motifs is 2. The molecule has 0 bridgehead atoms.